The highest BCUT2D eigenvalue weighted by Crippen LogP contribution is 1.92. The first-order valence-electron chi connectivity index (χ1n) is 1.81. The lowest BCUT2D eigenvalue weighted by atomic mass is 10.5. The first-order valence-corrected chi connectivity index (χ1v) is 3.00. The van der Waals surface area contributed by atoms with Crippen LogP contribution >= 0.6 is 11.9 Å². The Labute approximate surface area is 43.0 Å². The molecule has 0 unspecified atom stereocenters. The van der Waals surface area contributed by atoms with Gasteiger partial charge in [0.05, 0.1) is 0 Å². The topological polar surface area (TPSA) is 12.4 Å². The molecular weight excluding hydrogens is 94.1 g/mol. The Morgan fingerprint density at radius 3 is 2.00 bits per heavy atom. The summed E-state index contributed by atoms with van der Waals surface area (Å²) in [6.45, 7) is 3.97. The molecule has 0 saturated carbocycles. The maximum atomic E-state index is 3.96. The zero-order chi connectivity index (χ0) is 4.99. The highest BCUT2D eigenvalue weighted by atomic mass is 32.2. The lowest BCUT2D eigenvalue weighted by molar-refractivity contribution is 1.68. The Bertz CT molecular complexity index is 54.6. The van der Waals surface area contributed by atoms with Crippen LogP contribution in [0.15, 0.2) is 4.40 Å². The molecule has 0 rings (SSSR count). The lowest BCUT2D eigenvalue weighted by Crippen LogP contribution is -1.72. The summed E-state index contributed by atoms with van der Waals surface area (Å²) >= 11 is 1.50. The molecule has 6 heavy (non-hydrogen) atoms. The van der Waals surface area contributed by atoms with Crippen LogP contribution in [-0.2, 0) is 0 Å². The summed E-state index contributed by atoms with van der Waals surface area (Å²) in [5.41, 5.74) is 1.13. The highest BCUT2D eigenvalue weighted by Gasteiger charge is 1.69. The molecule has 0 bridgehead atoms. The van der Waals surface area contributed by atoms with Crippen molar-refractivity contribution in [3.8, 4) is 0 Å². The molecule has 0 fully saturated rings. The Hall–Kier alpha value is 0.0200. The van der Waals surface area contributed by atoms with Gasteiger partial charge in [0.2, 0.25) is 0 Å². The van der Waals surface area contributed by atoms with Crippen LogP contribution in [0.25, 0.3) is 0 Å². The van der Waals surface area contributed by atoms with E-state index in [-0.39, 0.29) is 0 Å². The molecule has 2 heteroatoms. The summed E-state index contributed by atoms with van der Waals surface area (Å²) in [7, 11) is 0. The van der Waals surface area contributed by atoms with Gasteiger partial charge < -0.3 is 0 Å². The van der Waals surface area contributed by atoms with Gasteiger partial charge in [-0.3, -0.25) is 0 Å². The van der Waals surface area contributed by atoms with Crippen LogP contribution in [0.1, 0.15) is 13.8 Å². The Morgan fingerprint density at radius 2 is 2.00 bits per heavy atom. The molecule has 1 nitrogen and oxygen atoms in total. The van der Waals surface area contributed by atoms with Crippen molar-refractivity contribution in [1.82, 2.24) is 0 Å². The molecule has 0 radical (unpaired) electrons. The van der Waals surface area contributed by atoms with E-state index < -0.39 is 0 Å². The monoisotopic (exact) mass is 103 g/mol. The van der Waals surface area contributed by atoms with Crippen LogP contribution in [0.5, 0.6) is 0 Å². The average molecular weight is 103 g/mol. The van der Waals surface area contributed by atoms with Gasteiger partial charge in [-0.25, -0.2) is 4.40 Å². The molecule has 0 spiro atoms. The third-order valence-electron chi connectivity index (χ3n) is 0.274. The maximum absolute atomic E-state index is 3.96. The van der Waals surface area contributed by atoms with E-state index >= 15 is 0 Å². The van der Waals surface area contributed by atoms with Crippen molar-refractivity contribution in [2.24, 2.45) is 4.40 Å². The Balaban J connectivity index is 3.14. The van der Waals surface area contributed by atoms with Crippen LogP contribution in [0.3, 0.4) is 0 Å². The standard InChI is InChI=1S/C4H9NS/c1-4(2)5-6-3/h1-3H3. The smallest absolute Gasteiger partial charge is 0.0200 e. The molecule has 0 aromatic heterocycles. The van der Waals surface area contributed by atoms with Crippen LogP contribution in [0, 0.1) is 0 Å². The zero-order valence-electron chi connectivity index (χ0n) is 4.36. The Morgan fingerprint density at radius 1 is 1.50 bits per heavy atom. The van der Waals surface area contributed by atoms with Crippen molar-refractivity contribution in [3.05, 3.63) is 0 Å². The SMILES string of the molecule is CSN=C(C)C. The molecular formula is C4H9NS. The second-order valence-corrected chi connectivity index (χ2v) is 1.77. The lowest BCUT2D eigenvalue weighted by Gasteiger charge is -1.79. The van der Waals surface area contributed by atoms with Gasteiger partial charge in [-0.05, 0) is 25.8 Å². The van der Waals surface area contributed by atoms with Crippen molar-refractivity contribution in [3.63, 3.8) is 0 Å². The van der Waals surface area contributed by atoms with E-state index in [9.17, 15) is 0 Å². The largest absolute Gasteiger partial charge is 0.226 e. The van der Waals surface area contributed by atoms with Gasteiger partial charge in [-0.1, -0.05) is 0 Å². The second-order valence-electron chi connectivity index (χ2n) is 1.22. The number of nitrogens with zero attached hydrogens (tertiary/aromatic N) is 1. The minimum absolute atomic E-state index is 1.13. The van der Waals surface area contributed by atoms with E-state index in [1.54, 1.807) is 0 Å². The first-order chi connectivity index (χ1) is 2.77. The fourth-order valence-electron chi connectivity index (χ4n) is 0.183. The maximum Gasteiger partial charge on any atom is 0.0200 e. The summed E-state index contributed by atoms with van der Waals surface area (Å²) < 4.78 is 3.96. The van der Waals surface area contributed by atoms with Crippen LogP contribution in [-0.4, -0.2) is 12.0 Å². The molecule has 0 aromatic carbocycles. The van der Waals surface area contributed by atoms with E-state index in [0.717, 1.165) is 5.71 Å². The molecule has 0 aliphatic carbocycles. The van der Waals surface area contributed by atoms with Crippen LogP contribution in [0.4, 0.5) is 0 Å². The molecule has 0 atom stereocenters. The molecule has 0 amide bonds. The van der Waals surface area contributed by atoms with Gasteiger partial charge in [-0.15, -0.1) is 0 Å². The van der Waals surface area contributed by atoms with Gasteiger partial charge >= 0.3 is 0 Å². The Kier molecular flexibility index (Phi) is 3.23. The molecule has 0 aliphatic heterocycles. The molecule has 0 aliphatic rings. The first kappa shape index (κ1) is 6.02. The van der Waals surface area contributed by atoms with Crippen molar-refractivity contribution in [1.29, 1.82) is 0 Å². The second kappa shape index (κ2) is 3.22. The number of hydrogen-bond acceptors (Lipinski definition) is 2. The van der Waals surface area contributed by atoms with Crippen molar-refractivity contribution in [2.45, 2.75) is 13.8 Å². The van der Waals surface area contributed by atoms with Crippen molar-refractivity contribution in [2.75, 3.05) is 6.26 Å². The normalized spacial score (nSPS) is 7.83. The fraction of sp³-hybridized carbons (Fsp3) is 0.750. The number of hydrogen-bond donors (Lipinski definition) is 0. The molecule has 0 N–H and O–H groups in total. The van der Waals surface area contributed by atoms with E-state index in [1.165, 1.54) is 11.9 Å². The van der Waals surface area contributed by atoms with Gasteiger partial charge in [0.25, 0.3) is 0 Å². The van der Waals surface area contributed by atoms with E-state index in [4.69, 9.17) is 0 Å². The van der Waals surface area contributed by atoms with Gasteiger partial charge in [0.15, 0.2) is 0 Å². The van der Waals surface area contributed by atoms with Gasteiger partial charge in [0, 0.05) is 12.0 Å². The van der Waals surface area contributed by atoms with E-state index in [1.807, 2.05) is 20.1 Å². The van der Waals surface area contributed by atoms with Crippen LogP contribution in [0.2, 0.25) is 0 Å². The quantitative estimate of drug-likeness (QED) is 0.364. The summed E-state index contributed by atoms with van der Waals surface area (Å²) in [5, 5.41) is 0. The van der Waals surface area contributed by atoms with Gasteiger partial charge in [-0.2, -0.15) is 0 Å². The highest BCUT2D eigenvalue weighted by molar-refractivity contribution is 7.97. The summed E-state index contributed by atoms with van der Waals surface area (Å²) in [6, 6.07) is 0. The van der Waals surface area contributed by atoms with Crippen LogP contribution < -0.4 is 0 Å². The predicted molar refractivity (Wildman–Crippen MR) is 32.3 cm³/mol. The number of rotatable bonds is 1. The van der Waals surface area contributed by atoms with E-state index in [2.05, 4.69) is 4.40 Å². The minimum Gasteiger partial charge on any atom is -0.226 e. The summed E-state index contributed by atoms with van der Waals surface area (Å²) in [6.07, 6.45) is 1.95. The third-order valence-corrected chi connectivity index (χ3v) is 0.822. The average Bonchev–Trinajstić information content (AvgIpc) is 1.35. The fourth-order valence-corrected chi connectivity index (χ4v) is 0.548. The minimum atomic E-state index is 1.13. The molecule has 0 aromatic rings. The predicted octanol–water partition coefficient (Wildman–Crippen LogP) is 1.75. The molecule has 0 heterocycles. The van der Waals surface area contributed by atoms with Crippen molar-refractivity contribution >= 4 is 17.7 Å². The van der Waals surface area contributed by atoms with Crippen molar-refractivity contribution < 1.29 is 0 Å². The van der Waals surface area contributed by atoms with E-state index in [0.29, 0.717) is 0 Å². The van der Waals surface area contributed by atoms with Gasteiger partial charge in [0.1, 0.15) is 0 Å². The molecule has 0 saturated heterocycles. The zero-order valence-corrected chi connectivity index (χ0v) is 5.17. The summed E-state index contributed by atoms with van der Waals surface area (Å²) in [4.78, 5) is 0. The third kappa shape index (κ3) is 4.02. The molecule has 36 valence electrons. The summed E-state index contributed by atoms with van der Waals surface area (Å²) in [5.74, 6) is 0.